The number of para-hydroxylation sites is 1. The number of rotatable bonds is 4. The first-order valence-electron chi connectivity index (χ1n) is 6.84. The van der Waals surface area contributed by atoms with Crippen molar-refractivity contribution in [1.82, 2.24) is 5.32 Å². The number of hydrogen-bond donors (Lipinski definition) is 2. The van der Waals surface area contributed by atoms with Gasteiger partial charge in [0.15, 0.2) is 5.76 Å². The second kappa shape index (κ2) is 5.99. The van der Waals surface area contributed by atoms with Crippen LogP contribution in [0.2, 0.25) is 0 Å². The van der Waals surface area contributed by atoms with Crippen molar-refractivity contribution in [1.29, 1.82) is 0 Å². The molecule has 0 aliphatic rings. The Balaban J connectivity index is 1.68. The number of carbonyl (C=O) groups excluding carboxylic acids is 1. The molecule has 0 spiro atoms. The quantitative estimate of drug-likeness (QED) is 0.778. The lowest BCUT2D eigenvalue weighted by atomic mass is 10.1. The van der Waals surface area contributed by atoms with Gasteiger partial charge < -0.3 is 14.8 Å². The number of benzene rings is 2. The Kier molecular flexibility index (Phi) is 3.89. The molecule has 0 saturated carbocycles. The number of aliphatic hydroxyl groups is 1. The zero-order valence-corrected chi connectivity index (χ0v) is 11.6. The summed E-state index contributed by atoms with van der Waals surface area (Å²) < 4.78 is 19.0. The molecule has 22 heavy (non-hydrogen) atoms. The fourth-order valence-corrected chi connectivity index (χ4v) is 2.23. The number of amides is 1. The average molecular weight is 299 g/mol. The van der Waals surface area contributed by atoms with Crippen molar-refractivity contribution < 1.29 is 18.7 Å². The molecule has 3 rings (SSSR count). The third kappa shape index (κ3) is 2.84. The molecule has 0 fully saturated rings. The van der Waals surface area contributed by atoms with E-state index in [1.54, 1.807) is 24.3 Å². The van der Waals surface area contributed by atoms with Gasteiger partial charge in [0.25, 0.3) is 5.91 Å². The zero-order chi connectivity index (χ0) is 15.5. The van der Waals surface area contributed by atoms with Gasteiger partial charge in [-0.05, 0) is 18.2 Å². The maximum absolute atomic E-state index is 13.5. The van der Waals surface area contributed by atoms with Crippen LogP contribution in [-0.2, 0) is 0 Å². The van der Waals surface area contributed by atoms with Crippen LogP contribution in [0.25, 0.3) is 11.0 Å². The second-order valence-corrected chi connectivity index (χ2v) is 4.90. The molecule has 0 radical (unpaired) electrons. The third-order valence-corrected chi connectivity index (χ3v) is 3.37. The smallest absolute Gasteiger partial charge is 0.287 e. The second-order valence-electron chi connectivity index (χ2n) is 4.90. The average Bonchev–Trinajstić information content (AvgIpc) is 2.97. The van der Waals surface area contributed by atoms with E-state index in [0.717, 1.165) is 5.39 Å². The summed E-state index contributed by atoms with van der Waals surface area (Å²) in [6.07, 6.45) is -1.12. The summed E-state index contributed by atoms with van der Waals surface area (Å²) in [4.78, 5) is 12.0. The fourth-order valence-electron chi connectivity index (χ4n) is 2.23. The molecule has 1 heterocycles. The van der Waals surface area contributed by atoms with Crippen molar-refractivity contribution in [3.63, 3.8) is 0 Å². The van der Waals surface area contributed by atoms with Crippen molar-refractivity contribution in [2.75, 3.05) is 6.54 Å². The van der Waals surface area contributed by atoms with E-state index in [2.05, 4.69) is 5.32 Å². The van der Waals surface area contributed by atoms with Gasteiger partial charge in [-0.2, -0.15) is 0 Å². The first kappa shape index (κ1) is 14.3. The molecule has 1 atom stereocenters. The first-order chi connectivity index (χ1) is 10.6. The van der Waals surface area contributed by atoms with Gasteiger partial charge in [-0.25, -0.2) is 4.39 Å². The number of furan rings is 1. The maximum Gasteiger partial charge on any atom is 0.287 e. The number of carbonyl (C=O) groups is 1. The lowest BCUT2D eigenvalue weighted by Gasteiger charge is -2.12. The van der Waals surface area contributed by atoms with Gasteiger partial charge >= 0.3 is 0 Å². The molecule has 0 aliphatic carbocycles. The number of hydrogen-bond acceptors (Lipinski definition) is 3. The summed E-state index contributed by atoms with van der Waals surface area (Å²) in [5.41, 5.74) is 0.759. The van der Waals surface area contributed by atoms with E-state index in [1.165, 1.54) is 12.1 Å². The first-order valence-corrected chi connectivity index (χ1v) is 6.84. The monoisotopic (exact) mass is 299 g/mol. The molecule has 0 saturated heterocycles. The standard InChI is InChI=1S/C17H14FNO3/c18-13-7-3-2-6-12(13)14(20)10-19-17(21)16-9-11-5-1-4-8-15(11)22-16/h1-9,14,20H,10H2,(H,19,21). The minimum Gasteiger partial charge on any atom is -0.451 e. The van der Waals surface area contributed by atoms with Crippen molar-refractivity contribution in [3.8, 4) is 0 Å². The molecule has 1 unspecified atom stereocenters. The maximum atomic E-state index is 13.5. The van der Waals surface area contributed by atoms with Gasteiger partial charge in [0.1, 0.15) is 11.4 Å². The highest BCUT2D eigenvalue weighted by Crippen LogP contribution is 2.19. The minimum absolute atomic E-state index is 0.100. The topological polar surface area (TPSA) is 62.5 Å². The van der Waals surface area contributed by atoms with Crippen LogP contribution in [-0.4, -0.2) is 17.6 Å². The summed E-state index contributed by atoms with van der Waals surface area (Å²) in [7, 11) is 0. The highest BCUT2D eigenvalue weighted by molar-refractivity contribution is 5.96. The summed E-state index contributed by atoms with van der Waals surface area (Å²) in [6, 6.07) is 14.8. The Bertz CT molecular complexity index is 779. The minimum atomic E-state index is -1.12. The Morgan fingerprint density at radius 1 is 1.18 bits per heavy atom. The Morgan fingerprint density at radius 3 is 2.68 bits per heavy atom. The zero-order valence-electron chi connectivity index (χ0n) is 11.6. The van der Waals surface area contributed by atoms with Gasteiger partial charge in [0.05, 0.1) is 6.10 Å². The predicted molar refractivity (Wildman–Crippen MR) is 79.9 cm³/mol. The molecular weight excluding hydrogens is 285 g/mol. The number of nitrogens with one attached hydrogen (secondary N) is 1. The largest absolute Gasteiger partial charge is 0.451 e. The van der Waals surface area contributed by atoms with Crippen molar-refractivity contribution >= 4 is 16.9 Å². The normalized spacial score (nSPS) is 12.3. The van der Waals surface area contributed by atoms with Crippen LogP contribution < -0.4 is 5.32 Å². The van der Waals surface area contributed by atoms with Crippen molar-refractivity contribution in [2.45, 2.75) is 6.10 Å². The van der Waals surface area contributed by atoms with Gasteiger partial charge in [-0.3, -0.25) is 4.79 Å². The van der Waals surface area contributed by atoms with E-state index in [0.29, 0.717) is 5.58 Å². The van der Waals surface area contributed by atoms with Crippen LogP contribution in [0, 0.1) is 5.82 Å². The molecule has 0 aliphatic heterocycles. The summed E-state index contributed by atoms with van der Waals surface area (Å²) in [5.74, 6) is -0.804. The summed E-state index contributed by atoms with van der Waals surface area (Å²) >= 11 is 0. The lowest BCUT2D eigenvalue weighted by Crippen LogP contribution is -2.28. The molecule has 2 N–H and O–H groups in total. The summed E-state index contributed by atoms with van der Waals surface area (Å²) in [6.45, 7) is -0.100. The van der Waals surface area contributed by atoms with Gasteiger partial charge in [0, 0.05) is 17.5 Å². The van der Waals surface area contributed by atoms with Crippen LogP contribution in [0.1, 0.15) is 22.2 Å². The predicted octanol–water partition coefficient (Wildman–Crippen LogP) is 3.04. The Labute approximate surface area is 126 Å². The van der Waals surface area contributed by atoms with Gasteiger partial charge in [-0.1, -0.05) is 36.4 Å². The summed E-state index contributed by atoms with van der Waals surface area (Å²) in [5, 5.41) is 13.3. The highest BCUT2D eigenvalue weighted by Gasteiger charge is 2.16. The Hall–Kier alpha value is -2.66. The molecule has 5 heteroatoms. The van der Waals surface area contributed by atoms with Crippen LogP contribution in [0.3, 0.4) is 0 Å². The molecular formula is C17H14FNO3. The molecule has 4 nitrogen and oxygen atoms in total. The molecule has 1 amide bonds. The van der Waals surface area contributed by atoms with Crippen LogP contribution in [0.15, 0.2) is 59.0 Å². The molecule has 3 aromatic rings. The molecule has 2 aromatic carbocycles. The van der Waals surface area contributed by atoms with E-state index in [9.17, 15) is 14.3 Å². The number of aliphatic hydroxyl groups excluding tert-OH is 1. The van der Waals surface area contributed by atoms with E-state index >= 15 is 0 Å². The molecule has 1 aromatic heterocycles. The van der Waals surface area contributed by atoms with E-state index in [1.807, 2.05) is 18.2 Å². The van der Waals surface area contributed by atoms with Crippen LogP contribution in [0.5, 0.6) is 0 Å². The van der Waals surface area contributed by atoms with E-state index < -0.39 is 17.8 Å². The SMILES string of the molecule is O=C(NCC(O)c1ccccc1F)c1cc2ccccc2o1. The van der Waals surface area contributed by atoms with Crippen molar-refractivity contribution in [2.24, 2.45) is 0 Å². The van der Waals surface area contributed by atoms with E-state index in [-0.39, 0.29) is 17.9 Å². The number of halogens is 1. The highest BCUT2D eigenvalue weighted by atomic mass is 19.1. The van der Waals surface area contributed by atoms with Gasteiger partial charge in [-0.15, -0.1) is 0 Å². The van der Waals surface area contributed by atoms with Crippen LogP contribution in [0.4, 0.5) is 4.39 Å². The fraction of sp³-hybridized carbons (Fsp3) is 0.118. The third-order valence-electron chi connectivity index (χ3n) is 3.37. The van der Waals surface area contributed by atoms with Crippen LogP contribution >= 0.6 is 0 Å². The molecule has 112 valence electrons. The van der Waals surface area contributed by atoms with Crippen molar-refractivity contribution in [3.05, 3.63) is 71.7 Å². The molecule has 0 bridgehead atoms. The van der Waals surface area contributed by atoms with Gasteiger partial charge in [0.2, 0.25) is 0 Å². The van der Waals surface area contributed by atoms with E-state index in [4.69, 9.17) is 4.42 Å². The number of fused-ring (bicyclic) bond motifs is 1. The lowest BCUT2D eigenvalue weighted by molar-refractivity contribution is 0.0889. The Morgan fingerprint density at radius 2 is 1.91 bits per heavy atom.